The quantitative estimate of drug-likeness (QED) is 0.445. The summed E-state index contributed by atoms with van der Waals surface area (Å²) in [6.45, 7) is 0. The average Bonchev–Trinajstić information content (AvgIpc) is 2.34. The number of hydrogen-bond acceptors (Lipinski definition) is 4. The maximum absolute atomic E-state index is 12.6. The number of ether oxygens (including phenoxy) is 1. The van der Waals surface area contributed by atoms with Gasteiger partial charge in [-0.2, -0.15) is 0 Å². The zero-order valence-corrected chi connectivity index (χ0v) is 10.3. The van der Waals surface area contributed by atoms with Crippen LogP contribution in [0, 0.1) is 5.82 Å². The van der Waals surface area contributed by atoms with Gasteiger partial charge in [0.05, 0.1) is 12.9 Å². The number of esters is 1. The Morgan fingerprint density at radius 3 is 2.53 bits per heavy atom. The Balaban J connectivity index is 2.30. The lowest BCUT2D eigenvalue weighted by Gasteiger charge is -2.01. The van der Waals surface area contributed by atoms with Crippen molar-refractivity contribution in [3.63, 3.8) is 0 Å². The van der Waals surface area contributed by atoms with E-state index in [0.717, 1.165) is 0 Å². The van der Waals surface area contributed by atoms with E-state index in [1.807, 2.05) is 0 Å². The molecule has 0 fully saturated rings. The van der Waals surface area contributed by atoms with Crippen LogP contribution in [-0.4, -0.2) is 30.4 Å². The Labute approximate surface area is 103 Å². The number of Topliss-reactive ketones (excluding diaryl/α,β-unsaturated/α-hetero) is 1. The predicted octanol–water partition coefficient (Wildman–Crippen LogP) is 2.30. The van der Waals surface area contributed by atoms with Gasteiger partial charge < -0.3 is 4.74 Å². The van der Waals surface area contributed by atoms with E-state index >= 15 is 0 Å². The first-order valence-electron chi connectivity index (χ1n) is 5.07. The topological polar surface area (TPSA) is 43.4 Å². The second-order valence-corrected chi connectivity index (χ2v) is 4.41. The van der Waals surface area contributed by atoms with Gasteiger partial charge in [-0.3, -0.25) is 9.59 Å². The summed E-state index contributed by atoms with van der Waals surface area (Å²) in [5.41, 5.74) is 0.491. The lowest BCUT2D eigenvalue weighted by atomic mass is 10.1. The van der Waals surface area contributed by atoms with E-state index in [9.17, 15) is 14.0 Å². The number of carbonyl (C=O) groups is 2. The first-order valence-corrected chi connectivity index (χ1v) is 6.22. The van der Waals surface area contributed by atoms with Crippen molar-refractivity contribution in [1.29, 1.82) is 0 Å². The molecule has 0 aliphatic rings. The fraction of sp³-hybridized carbons (Fsp3) is 0.333. The van der Waals surface area contributed by atoms with Crippen LogP contribution in [0.5, 0.6) is 0 Å². The van der Waals surface area contributed by atoms with Crippen LogP contribution < -0.4 is 0 Å². The number of methoxy groups -OCH3 is 1. The summed E-state index contributed by atoms with van der Waals surface area (Å²) in [5.74, 6) is 0.0756. The van der Waals surface area contributed by atoms with E-state index in [0.29, 0.717) is 17.7 Å². The number of benzene rings is 1. The number of ketones is 1. The van der Waals surface area contributed by atoms with E-state index in [2.05, 4.69) is 4.74 Å². The Kier molecular flexibility index (Phi) is 5.69. The van der Waals surface area contributed by atoms with E-state index in [1.54, 1.807) is 0 Å². The monoisotopic (exact) mass is 256 g/mol. The molecule has 1 aromatic carbocycles. The van der Waals surface area contributed by atoms with Crippen molar-refractivity contribution < 1.29 is 18.7 Å². The molecule has 0 radical (unpaired) electrons. The lowest BCUT2D eigenvalue weighted by Crippen LogP contribution is -2.06. The normalized spacial score (nSPS) is 10.0. The summed E-state index contributed by atoms with van der Waals surface area (Å²) in [7, 11) is 1.33. The van der Waals surface area contributed by atoms with Gasteiger partial charge in [0, 0.05) is 17.7 Å². The van der Waals surface area contributed by atoms with Gasteiger partial charge >= 0.3 is 5.97 Å². The van der Waals surface area contributed by atoms with Crippen LogP contribution >= 0.6 is 11.8 Å². The van der Waals surface area contributed by atoms with Crippen molar-refractivity contribution in [1.82, 2.24) is 0 Å². The lowest BCUT2D eigenvalue weighted by molar-refractivity contribution is -0.137. The van der Waals surface area contributed by atoms with Gasteiger partial charge in [0.15, 0.2) is 5.78 Å². The van der Waals surface area contributed by atoms with E-state index in [1.165, 1.54) is 43.1 Å². The molecule has 1 rings (SSSR count). The predicted molar refractivity (Wildman–Crippen MR) is 64.7 cm³/mol. The Morgan fingerprint density at radius 1 is 1.29 bits per heavy atom. The third kappa shape index (κ3) is 4.99. The van der Waals surface area contributed by atoms with E-state index < -0.39 is 0 Å². The third-order valence-electron chi connectivity index (χ3n) is 2.09. The van der Waals surface area contributed by atoms with Gasteiger partial charge in [0.2, 0.25) is 0 Å². The van der Waals surface area contributed by atoms with E-state index in [-0.39, 0.29) is 23.3 Å². The molecule has 0 N–H and O–H groups in total. The van der Waals surface area contributed by atoms with Crippen molar-refractivity contribution in [3.05, 3.63) is 35.6 Å². The number of halogens is 1. The number of rotatable bonds is 6. The first kappa shape index (κ1) is 13.7. The zero-order chi connectivity index (χ0) is 12.7. The van der Waals surface area contributed by atoms with Crippen LogP contribution in [-0.2, 0) is 9.53 Å². The molecule has 0 aromatic heterocycles. The number of thioether (sulfide) groups is 1. The smallest absolute Gasteiger partial charge is 0.315 e. The summed E-state index contributed by atoms with van der Waals surface area (Å²) in [6.07, 6.45) is 0.327. The molecule has 3 nitrogen and oxygen atoms in total. The van der Waals surface area contributed by atoms with Crippen LogP contribution in [0.4, 0.5) is 4.39 Å². The highest BCUT2D eigenvalue weighted by Gasteiger charge is 2.06. The largest absolute Gasteiger partial charge is 0.468 e. The second kappa shape index (κ2) is 7.06. The van der Waals surface area contributed by atoms with Gasteiger partial charge in [-0.15, -0.1) is 11.8 Å². The Hall–Kier alpha value is -1.36. The maximum Gasteiger partial charge on any atom is 0.315 e. The van der Waals surface area contributed by atoms with Crippen LogP contribution in [0.3, 0.4) is 0 Å². The molecule has 5 heteroatoms. The molecule has 0 bridgehead atoms. The summed E-state index contributed by atoms with van der Waals surface area (Å²) in [5, 5.41) is 0. The minimum Gasteiger partial charge on any atom is -0.468 e. The summed E-state index contributed by atoms with van der Waals surface area (Å²) >= 11 is 1.34. The molecule has 0 aliphatic carbocycles. The van der Waals surface area contributed by atoms with Gasteiger partial charge in [0.1, 0.15) is 5.82 Å². The van der Waals surface area contributed by atoms with Crippen LogP contribution in [0.15, 0.2) is 24.3 Å². The van der Waals surface area contributed by atoms with Crippen molar-refractivity contribution >= 4 is 23.5 Å². The Bertz CT molecular complexity index is 389. The molecular weight excluding hydrogens is 243 g/mol. The van der Waals surface area contributed by atoms with Crippen molar-refractivity contribution in [2.45, 2.75) is 6.42 Å². The molecule has 1 aromatic rings. The molecular formula is C12H13FO3S. The molecule has 0 amide bonds. The average molecular weight is 256 g/mol. The van der Waals surface area contributed by atoms with Crippen molar-refractivity contribution in [3.8, 4) is 0 Å². The van der Waals surface area contributed by atoms with Gasteiger partial charge in [-0.05, 0) is 24.3 Å². The molecule has 0 aliphatic heterocycles. The van der Waals surface area contributed by atoms with E-state index in [4.69, 9.17) is 0 Å². The van der Waals surface area contributed by atoms with Gasteiger partial charge in [0.25, 0.3) is 0 Å². The maximum atomic E-state index is 12.6. The Morgan fingerprint density at radius 2 is 1.94 bits per heavy atom. The van der Waals surface area contributed by atoms with Crippen molar-refractivity contribution in [2.24, 2.45) is 0 Å². The standard InChI is InChI=1S/C12H13FO3S/c1-16-12(15)8-17-7-6-11(14)9-2-4-10(13)5-3-9/h2-5H,6-8H2,1H3. The molecule has 0 unspecified atom stereocenters. The summed E-state index contributed by atoms with van der Waals surface area (Å²) < 4.78 is 17.1. The molecule has 92 valence electrons. The number of hydrogen-bond donors (Lipinski definition) is 0. The molecule has 0 saturated heterocycles. The van der Waals surface area contributed by atoms with Crippen LogP contribution in [0.25, 0.3) is 0 Å². The minimum atomic E-state index is -0.360. The van der Waals surface area contributed by atoms with Gasteiger partial charge in [-0.25, -0.2) is 4.39 Å². The van der Waals surface area contributed by atoms with Crippen molar-refractivity contribution in [2.75, 3.05) is 18.6 Å². The molecule has 0 spiro atoms. The molecule has 17 heavy (non-hydrogen) atoms. The van der Waals surface area contributed by atoms with Crippen LogP contribution in [0.2, 0.25) is 0 Å². The fourth-order valence-corrected chi connectivity index (χ4v) is 1.92. The molecule has 0 heterocycles. The number of carbonyl (C=O) groups excluding carboxylic acids is 2. The highest BCUT2D eigenvalue weighted by atomic mass is 32.2. The SMILES string of the molecule is COC(=O)CSCCC(=O)c1ccc(F)cc1. The third-order valence-corrected chi connectivity index (χ3v) is 3.02. The highest BCUT2D eigenvalue weighted by Crippen LogP contribution is 2.09. The second-order valence-electron chi connectivity index (χ2n) is 3.31. The van der Waals surface area contributed by atoms with Crippen LogP contribution in [0.1, 0.15) is 16.8 Å². The minimum absolute atomic E-state index is 0.0534. The fourth-order valence-electron chi connectivity index (χ4n) is 1.16. The molecule has 0 atom stereocenters. The summed E-state index contributed by atoms with van der Waals surface area (Å²) in [6, 6.07) is 5.44. The molecule has 0 saturated carbocycles. The summed E-state index contributed by atoms with van der Waals surface area (Å²) in [4.78, 5) is 22.4. The highest BCUT2D eigenvalue weighted by molar-refractivity contribution is 7.99. The first-order chi connectivity index (χ1) is 8.13. The van der Waals surface area contributed by atoms with Gasteiger partial charge in [-0.1, -0.05) is 0 Å². The zero-order valence-electron chi connectivity index (χ0n) is 9.44.